The summed E-state index contributed by atoms with van der Waals surface area (Å²) in [4.78, 5) is 7.90. The van der Waals surface area contributed by atoms with E-state index in [2.05, 4.69) is 24.1 Å². The molecule has 0 fully saturated rings. The van der Waals surface area contributed by atoms with Crippen LogP contribution in [0.25, 0.3) is 0 Å². The van der Waals surface area contributed by atoms with E-state index in [9.17, 15) is 4.39 Å². The van der Waals surface area contributed by atoms with Gasteiger partial charge in [-0.2, -0.15) is 0 Å². The van der Waals surface area contributed by atoms with Gasteiger partial charge in [-0.25, -0.2) is 9.37 Å². The number of nitrogens with zero attached hydrogens (tertiary/aromatic N) is 2. The lowest BCUT2D eigenvalue weighted by atomic mass is 10.2. The van der Waals surface area contributed by atoms with E-state index in [4.69, 9.17) is 0 Å². The monoisotopic (exact) mass is 307 g/mol. The van der Waals surface area contributed by atoms with Crippen LogP contribution in [-0.4, -0.2) is 18.6 Å². The maximum Gasteiger partial charge on any atom is 0.190 e. The number of rotatable bonds is 6. The van der Waals surface area contributed by atoms with E-state index in [0.717, 1.165) is 29.5 Å². The molecule has 5 heteroatoms. The fourth-order valence-electron chi connectivity index (χ4n) is 2.17. The Kier molecular flexibility index (Phi) is 5.31. The SMILES string of the molecule is CCCNC(C)c1sc(N(C)c2ccc(F)cc2)nc1C. The first-order valence-corrected chi connectivity index (χ1v) is 8.04. The van der Waals surface area contributed by atoms with Crippen LogP contribution in [0.3, 0.4) is 0 Å². The van der Waals surface area contributed by atoms with Gasteiger partial charge in [-0.15, -0.1) is 0 Å². The third-order valence-corrected chi connectivity index (χ3v) is 4.83. The molecule has 0 aliphatic rings. The Morgan fingerprint density at radius 1 is 1.33 bits per heavy atom. The van der Waals surface area contributed by atoms with Crippen LogP contribution >= 0.6 is 11.3 Å². The highest BCUT2D eigenvalue weighted by Gasteiger charge is 2.16. The molecule has 114 valence electrons. The molecule has 0 amide bonds. The number of hydrogen-bond acceptors (Lipinski definition) is 4. The molecule has 1 N–H and O–H groups in total. The van der Waals surface area contributed by atoms with Crippen LogP contribution < -0.4 is 10.2 Å². The van der Waals surface area contributed by atoms with Gasteiger partial charge < -0.3 is 10.2 Å². The minimum atomic E-state index is -0.222. The van der Waals surface area contributed by atoms with Crippen molar-refractivity contribution < 1.29 is 4.39 Å². The summed E-state index contributed by atoms with van der Waals surface area (Å²) in [5.74, 6) is -0.222. The van der Waals surface area contributed by atoms with Crippen LogP contribution in [0.15, 0.2) is 24.3 Å². The van der Waals surface area contributed by atoms with E-state index < -0.39 is 0 Å². The van der Waals surface area contributed by atoms with Crippen LogP contribution in [-0.2, 0) is 0 Å². The summed E-state index contributed by atoms with van der Waals surface area (Å²) < 4.78 is 13.0. The lowest BCUT2D eigenvalue weighted by Crippen LogP contribution is -2.18. The van der Waals surface area contributed by atoms with Gasteiger partial charge >= 0.3 is 0 Å². The third kappa shape index (κ3) is 3.80. The fraction of sp³-hybridized carbons (Fsp3) is 0.438. The minimum Gasteiger partial charge on any atom is -0.321 e. The highest BCUT2D eigenvalue weighted by atomic mass is 32.1. The molecule has 1 unspecified atom stereocenters. The average molecular weight is 307 g/mol. The van der Waals surface area contributed by atoms with Gasteiger partial charge in [0.25, 0.3) is 0 Å². The number of thiazole rings is 1. The van der Waals surface area contributed by atoms with E-state index >= 15 is 0 Å². The second-order valence-electron chi connectivity index (χ2n) is 5.16. The number of aromatic nitrogens is 1. The molecule has 0 aliphatic heterocycles. The van der Waals surface area contributed by atoms with Gasteiger partial charge in [0.05, 0.1) is 5.69 Å². The topological polar surface area (TPSA) is 28.2 Å². The molecule has 21 heavy (non-hydrogen) atoms. The zero-order valence-corrected chi connectivity index (χ0v) is 13.8. The Bertz CT molecular complexity index is 580. The Morgan fingerprint density at radius 3 is 2.62 bits per heavy atom. The third-order valence-electron chi connectivity index (χ3n) is 3.42. The Hall–Kier alpha value is -1.46. The first-order chi connectivity index (χ1) is 10.0. The van der Waals surface area contributed by atoms with Crippen molar-refractivity contribution in [3.05, 3.63) is 40.7 Å². The molecule has 0 bridgehead atoms. The fourth-order valence-corrected chi connectivity index (χ4v) is 3.24. The summed E-state index contributed by atoms with van der Waals surface area (Å²) in [5, 5.41) is 4.42. The summed E-state index contributed by atoms with van der Waals surface area (Å²) in [7, 11) is 1.96. The van der Waals surface area contributed by atoms with Gasteiger partial charge in [0.15, 0.2) is 5.13 Å². The molecule has 0 aliphatic carbocycles. The molecule has 1 aromatic heterocycles. The maximum atomic E-state index is 13.0. The van der Waals surface area contributed by atoms with Gasteiger partial charge in [0.2, 0.25) is 0 Å². The lowest BCUT2D eigenvalue weighted by molar-refractivity contribution is 0.575. The summed E-state index contributed by atoms with van der Waals surface area (Å²) in [6.07, 6.45) is 1.12. The van der Waals surface area contributed by atoms with Gasteiger partial charge in [0, 0.05) is 23.7 Å². The molecular formula is C16H22FN3S. The molecule has 1 aromatic carbocycles. The second-order valence-corrected chi connectivity index (χ2v) is 6.17. The van der Waals surface area contributed by atoms with Crippen LogP contribution in [0, 0.1) is 12.7 Å². The molecule has 3 nitrogen and oxygen atoms in total. The van der Waals surface area contributed by atoms with Crippen molar-refractivity contribution in [3.8, 4) is 0 Å². The highest BCUT2D eigenvalue weighted by Crippen LogP contribution is 2.33. The van der Waals surface area contributed by atoms with Crippen LogP contribution in [0.1, 0.15) is 36.9 Å². The summed E-state index contributed by atoms with van der Waals surface area (Å²) in [5.41, 5.74) is 1.99. The van der Waals surface area contributed by atoms with Crippen LogP contribution in [0.5, 0.6) is 0 Å². The lowest BCUT2D eigenvalue weighted by Gasteiger charge is -2.15. The van der Waals surface area contributed by atoms with Crippen molar-refractivity contribution >= 4 is 22.2 Å². The predicted octanol–water partition coefficient (Wildman–Crippen LogP) is 4.42. The number of nitrogens with one attached hydrogen (secondary N) is 1. The molecule has 0 saturated heterocycles. The minimum absolute atomic E-state index is 0.222. The number of benzene rings is 1. The number of hydrogen-bond donors (Lipinski definition) is 1. The second kappa shape index (κ2) is 7.00. The number of aryl methyl sites for hydroxylation is 1. The van der Waals surface area contributed by atoms with Crippen molar-refractivity contribution in [1.29, 1.82) is 0 Å². The smallest absolute Gasteiger partial charge is 0.190 e. The molecule has 0 radical (unpaired) electrons. The van der Waals surface area contributed by atoms with E-state index in [-0.39, 0.29) is 5.82 Å². The molecule has 2 rings (SSSR count). The summed E-state index contributed by atoms with van der Waals surface area (Å²) >= 11 is 1.68. The Labute approximate surface area is 129 Å². The first kappa shape index (κ1) is 15.9. The number of anilines is 2. The molecule has 0 spiro atoms. The zero-order chi connectivity index (χ0) is 15.4. The normalized spacial score (nSPS) is 12.4. The van der Waals surface area contributed by atoms with Crippen molar-refractivity contribution in [3.63, 3.8) is 0 Å². The van der Waals surface area contributed by atoms with Crippen molar-refractivity contribution in [2.24, 2.45) is 0 Å². The van der Waals surface area contributed by atoms with E-state index in [1.54, 1.807) is 23.5 Å². The van der Waals surface area contributed by atoms with Crippen molar-refractivity contribution in [1.82, 2.24) is 10.3 Å². The standard InChI is InChI=1S/C16H22FN3S/c1-5-10-18-11(2)15-12(3)19-16(21-15)20(4)14-8-6-13(17)7-9-14/h6-9,11,18H,5,10H2,1-4H3. The van der Waals surface area contributed by atoms with Crippen LogP contribution in [0.4, 0.5) is 15.2 Å². The maximum absolute atomic E-state index is 13.0. The van der Waals surface area contributed by atoms with Gasteiger partial charge in [0.1, 0.15) is 5.82 Å². The van der Waals surface area contributed by atoms with E-state index in [0.29, 0.717) is 6.04 Å². The summed E-state index contributed by atoms with van der Waals surface area (Å²) in [6.45, 7) is 7.37. The molecular weight excluding hydrogens is 285 g/mol. The zero-order valence-electron chi connectivity index (χ0n) is 13.0. The molecule has 1 atom stereocenters. The largest absolute Gasteiger partial charge is 0.321 e. The van der Waals surface area contributed by atoms with Crippen molar-refractivity contribution in [2.45, 2.75) is 33.2 Å². The van der Waals surface area contributed by atoms with Gasteiger partial charge in [-0.1, -0.05) is 18.3 Å². The predicted molar refractivity (Wildman–Crippen MR) is 88.0 cm³/mol. The molecule has 1 heterocycles. The van der Waals surface area contributed by atoms with E-state index in [1.165, 1.54) is 17.0 Å². The van der Waals surface area contributed by atoms with Gasteiger partial charge in [-0.05, 0) is 51.1 Å². The highest BCUT2D eigenvalue weighted by molar-refractivity contribution is 7.15. The Balaban J connectivity index is 2.19. The Morgan fingerprint density at radius 2 is 2.00 bits per heavy atom. The average Bonchev–Trinajstić information content (AvgIpc) is 2.87. The van der Waals surface area contributed by atoms with E-state index in [1.807, 2.05) is 18.9 Å². The molecule has 2 aromatic rings. The first-order valence-electron chi connectivity index (χ1n) is 7.23. The van der Waals surface area contributed by atoms with Crippen molar-refractivity contribution in [2.75, 3.05) is 18.5 Å². The molecule has 0 saturated carbocycles. The quantitative estimate of drug-likeness (QED) is 0.856. The van der Waals surface area contributed by atoms with Crippen LogP contribution in [0.2, 0.25) is 0 Å². The summed E-state index contributed by atoms with van der Waals surface area (Å²) in [6, 6.07) is 6.78. The number of halogens is 1. The van der Waals surface area contributed by atoms with Gasteiger partial charge in [-0.3, -0.25) is 0 Å².